The maximum absolute atomic E-state index is 5.40. The zero-order valence-electron chi connectivity index (χ0n) is 12.2. The van der Waals surface area contributed by atoms with Gasteiger partial charge in [-0.05, 0) is 36.1 Å². The molecule has 4 heteroatoms. The fraction of sp³-hybridized carbons (Fsp3) is 0.294. The molecular weight excluding hydrogens is 280 g/mol. The molecule has 1 aromatic carbocycles. The molecule has 0 saturated heterocycles. The van der Waals surface area contributed by atoms with E-state index in [9.17, 15) is 0 Å². The number of hydrogen-bond acceptors (Lipinski definition) is 3. The molecule has 0 unspecified atom stereocenters. The number of methoxy groups -OCH3 is 1. The van der Waals surface area contributed by atoms with Gasteiger partial charge in [-0.3, -0.25) is 0 Å². The Morgan fingerprint density at radius 2 is 2.10 bits per heavy atom. The third-order valence-corrected chi connectivity index (χ3v) is 4.59. The minimum absolute atomic E-state index is 0.942. The van der Waals surface area contributed by atoms with E-state index in [1.807, 2.05) is 23.5 Å². The molecule has 0 atom stereocenters. The van der Waals surface area contributed by atoms with E-state index in [4.69, 9.17) is 4.74 Å². The summed E-state index contributed by atoms with van der Waals surface area (Å²) in [7, 11) is 1.72. The quantitative estimate of drug-likeness (QED) is 0.675. The highest BCUT2D eigenvalue weighted by Crippen LogP contribution is 2.25. The molecule has 3 aromatic rings. The van der Waals surface area contributed by atoms with Crippen LogP contribution in [-0.2, 0) is 13.0 Å². The number of hydrogen-bond donors (Lipinski definition) is 1. The van der Waals surface area contributed by atoms with E-state index in [1.54, 1.807) is 7.11 Å². The fourth-order valence-corrected chi connectivity index (χ4v) is 3.27. The maximum Gasteiger partial charge on any atom is 0.128 e. The van der Waals surface area contributed by atoms with Crippen LogP contribution in [0.25, 0.3) is 10.9 Å². The molecule has 0 amide bonds. The molecule has 0 bridgehead atoms. The summed E-state index contributed by atoms with van der Waals surface area (Å²) in [5, 5.41) is 6.82. The average molecular weight is 300 g/mol. The lowest BCUT2D eigenvalue weighted by molar-refractivity contribution is 0.420. The first-order chi connectivity index (χ1) is 10.4. The van der Waals surface area contributed by atoms with Crippen molar-refractivity contribution in [2.24, 2.45) is 0 Å². The van der Waals surface area contributed by atoms with Crippen LogP contribution in [0.1, 0.15) is 4.88 Å². The van der Waals surface area contributed by atoms with Gasteiger partial charge in [0.05, 0.1) is 12.6 Å². The number of nitrogens with one attached hydrogen (secondary N) is 1. The molecule has 0 aliphatic rings. The Hall–Kier alpha value is -1.78. The summed E-state index contributed by atoms with van der Waals surface area (Å²) >= 11 is 1.83. The molecule has 3 nitrogen and oxygen atoms in total. The van der Waals surface area contributed by atoms with Gasteiger partial charge in [0.2, 0.25) is 0 Å². The molecule has 0 saturated carbocycles. The summed E-state index contributed by atoms with van der Waals surface area (Å²) < 4.78 is 7.67. The van der Waals surface area contributed by atoms with E-state index in [0.717, 1.165) is 31.8 Å². The highest BCUT2D eigenvalue weighted by Gasteiger charge is 2.05. The molecule has 1 N–H and O–H groups in total. The van der Waals surface area contributed by atoms with E-state index < -0.39 is 0 Å². The zero-order valence-corrected chi connectivity index (χ0v) is 13.0. The van der Waals surface area contributed by atoms with Gasteiger partial charge >= 0.3 is 0 Å². The molecule has 0 aliphatic carbocycles. The smallest absolute Gasteiger partial charge is 0.128 e. The summed E-state index contributed by atoms with van der Waals surface area (Å²) in [6, 6.07) is 12.6. The lowest BCUT2D eigenvalue weighted by Gasteiger charge is -2.08. The van der Waals surface area contributed by atoms with Crippen molar-refractivity contribution in [1.29, 1.82) is 0 Å². The summed E-state index contributed by atoms with van der Waals surface area (Å²) in [6.45, 7) is 2.98. The Bertz CT molecular complexity index is 688. The maximum atomic E-state index is 5.40. The average Bonchev–Trinajstić information content (AvgIpc) is 3.16. The lowest BCUT2D eigenvalue weighted by Crippen LogP contribution is -2.21. The number of nitrogens with zero attached hydrogens (tertiary/aromatic N) is 1. The van der Waals surface area contributed by atoms with Crippen LogP contribution < -0.4 is 10.1 Å². The van der Waals surface area contributed by atoms with Gasteiger partial charge in [0, 0.05) is 36.1 Å². The molecule has 0 spiro atoms. The number of benzene rings is 1. The molecule has 2 heterocycles. The second kappa shape index (κ2) is 6.78. The van der Waals surface area contributed by atoms with Crippen molar-refractivity contribution in [2.45, 2.75) is 13.0 Å². The van der Waals surface area contributed by atoms with Gasteiger partial charge in [0.25, 0.3) is 0 Å². The van der Waals surface area contributed by atoms with Crippen molar-refractivity contribution in [1.82, 2.24) is 9.88 Å². The van der Waals surface area contributed by atoms with Crippen LogP contribution in [0.5, 0.6) is 5.75 Å². The molecule has 3 rings (SSSR count). The van der Waals surface area contributed by atoms with Crippen molar-refractivity contribution in [3.05, 3.63) is 52.9 Å². The van der Waals surface area contributed by atoms with E-state index in [2.05, 4.69) is 45.7 Å². The van der Waals surface area contributed by atoms with Crippen molar-refractivity contribution < 1.29 is 4.74 Å². The Balaban J connectivity index is 1.53. The minimum Gasteiger partial charge on any atom is -0.496 e. The van der Waals surface area contributed by atoms with Gasteiger partial charge in [-0.15, -0.1) is 11.3 Å². The van der Waals surface area contributed by atoms with Gasteiger partial charge in [-0.25, -0.2) is 0 Å². The van der Waals surface area contributed by atoms with Crippen molar-refractivity contribution in [3.8, 4) is 5.75 Å². The van der Waals surface area contributed by atoms with E-state index in [1.165, 1.54) is 15.8 Å². The van der Waals surface area contributed by atoms with Crippen molar-refractivity contribution in [2.75, 3.05) is 20.2 Å². The largest absolute Gasteiger partial charge is 0.496 e. The number of thiophene rings is 1. The molecule has 0 fully saturated rings. The predicted molar refractivity (Wildman–Crippen MR) is 89.4 cm³/mol. The van der Waals surface area contributed by atoms with E-state index in [0.29, 0.717) is 0 Å². The highest BCUT2D eigenvalue weighted by atomic mass is 32.1. The van der Waals surface area contributed by atoms with Crippen LogP contribution in [0.2, 0.25) is 0 Å². The first-order valence-electron chi connectivity index (χ1n) is 7.23. The molecule has 21 heavy (non-hydrogen) atoms. The Kier molecular flexibility index (Phi) is 4.58. The Labute approximate surface area is 129 Å². The molecule has 0 radical (unpaired) electrons. The monoisotopic (exact) mass is 300 g/mol. The van der Waals surface area contributed by atoms with Gasteiger partial charge in [-0.2, -0.15) is 0 Å². The van der Waals surface area contributed by atoms with Gasteiger partial charge < -0.3 is 14.6 Å². The van der Waals surface area contributed by atoms with Crippen LogP contribution >= 0.6 is 11.3 Å². The highest BCUT2D eigenvalue weighted by molar-refractivity contribution is 7.09. The minimum atomic E-state index is 0.942. The first kappa shape index (κ1) is 14.2. The van der Waals surface area contributed by atoms with E-state index in [-0.39, 0.29) is 0 Å². The normalized spacial score (nSPS) is 11.1. The summed E-state index contributed by atoms with van der Waals surface area (Å²) in [6.07, 6.45) is 3.24. The Morgan fingerprint density at radius 3 is 2.90 bits per heavy atom. The SMILES string of the molecule is COc1cccc2c1ccn2CCNCCc1cccs1. The second-order valence-electron chi connectivity index (χ2n) is 4.98. The summed E-state index contributed by atoms with van der Waals surface area (Å²) in [5.41, 5.74) is 1.23. The third kappa shape index (κ3) is 3.28. The number of aromatic nitrogens is 1. The molecular formula is C17H20N2OS. The number of fused-ring (bicyclic) bond motifs is 1. The lowest BCUT2D eigenvalue weighted by atomic mass is 10.2. The van der Waals surface area contributed by atoms with Crippen LogP contribution in [0.4, 0.5) is 0 Å². The van der Waals surface area contributed by atoms with Gasteiger partial charge in [0.15, 0.2) is 0 Å². The van der Waals surface area contributed by atoms with Crippen LogP contribution in [0, 0.1) is 0 Å². The summed E-state index contributed by atoms with van der Waals surface area (Å²) in [5.74, 6) is 0.942. The summed E-state index contributed by atoms with van der Waals surface area (Å²) in [4.78, 5) is 1.44. The van der Waals surface area contributed by atoms with E-state index >= 15 is 0 Å². The fourth-order valence-electron chi connectivity index (χ4n) is 2.56. The van der Waals surface area contributed by atoms with Gasteiger partial charge in [-0.1, -0.05) is 12.1 Å². The Morgan fingerprint density at radius 1 is 1.14 bits per heavy atom. The van der Waals surface area contributed by atoms with Crippen molar-refractivity contribution >= 4 is 22.2 Å². The topological polar surface area (TPSA) is 26.2 Å². The van der Waals surface area contributed by atoms with Crippen LogP contribution in [0.3, 0.4) is 0 Å². The van der Waals surface area contributed by atoms with Crippen LogP contribution in [-0.4, -0.2) is 24.8 Å². The van der Waals surface area contributed by atoms with Gasteiger partial charge in [0.1, 0.15) is 5.75 Å². The first-order valence-corrected chi connectivity index (χ1v) is 8.11. The molecule has 0 aliphatic heterocycles. The predicted octanol–water partition coefficient (Wildman–Crippen LogP) is 3.54. The third-order valence-electron chi connectivity index (χ3n) is 3.65. The second-order valence-corrected chi connectivity index (χ2v) is 6.01. The standard InChI is InChI=1S/C17H20N2OS/c1-20-17-6-2-5-16-15(17)8-11-19(16)12-10-18-9-7-14-4-3-13-21-14/h2-6,8,11,13,18H,7,9-10,12H2,1H3. The molecule has 2 aromatic heterocycles. The van der Waals surface area contributed by atoms with Crippen molar-refractivity contribution in [3.63, 3.8) is 0 Å². The number of rotatable bonds is 7. The van der Waals surface area contributed by atoms with Crippen LogP contribution in [0.15, 0.2) is 48.0 Å². The number of ether oxygens (including phenoxy) is 1. The molecule has 110 valence electrons. The zero-order chi connectivity index (χ0) is 14.5.